The highest BCUT2D eigenvalue weighted by atomic mass is 16.5. The van der Waals surface area contributed by atoms with E-state index in [0.29, 0.717) is 0 Å². The Morgan fingerprint density at radius 2 is 1.86 bits per heavy atom. The number of methoxy groups -OCH3 is 1. The van der Waals surface area contributed by atoms with Crippen LogP contribution in [0.3, 0.4) is 0 Å². The second kappa shape index (κ2) is 6.79. The molecule has 0 aromatic heterocycles. The minimum absolute atomic E-state index is 0.206. The Morgan fingerprint density at radius 1 is 1.19 bits per heavy atom. The molecule has 4 heteroatoms. The van der Waals surface area contributed by atoms with Crippen molar-refractivity contribution in [2.75, 3.05) is 12.4 Å². The molecular weight excluding hydrogens is 266 g/mol. The van der Waals surface area contributed by atoms with Crippen molar-refractivity contribution in [3.8, 4) is 5.75 Å². The van der Waals surface area contributed by atoms with Gasteiger partial charge in [-0.1, -0.05) is 18.2 Å². The molecule has 0 aliphatic rings. The van der Waals surface area contributed by atoms with E-state index in [9.17, 15) is 4.79 Å². The van der Waals surface area contributed by atoms with Crippen LogP contribution in [0.2, 0.25) is 0 Å². The van der Waals surface area contributed by atoms with Gasteiger partial charge >= 0.3 is 5.97 Å². The number of ether oxygens (including phenoxy) is 1. The van der Waals surface area contributed by atoms with Gasteiger partial charge in [0.15, 0.2) is 0 Å². The number of carbonyl (C=O) groups is 1. The molecule has 2 aromatic rings. The number of hydrogen-bond acceptors (Lipinski definition) is 3. The lowest BCUT2D eigenvalue weighted by Gasteiger charge is -2.17. The Balaban J connectivity index is 2.01. The summed E-state index contributed by atoms with van der Waals surface area (Å²) in [5.74, 6) is -0.0315. The summed E-state index contributed by atoms with van der Waals surface area (Å²) >= 11 is 0. The highest BCUT2D eigenvalue weighted by molar-refractivity contribution is 5.88. The van der Waals surface area contributed by atoms with Crippen molar-refractivity contribution in [1.82, 2.24) is 0 Å². The smallest absolute Gasteiger partial charge is 0.335 e. The van der Waals surface area contributed by atoms with Crippen molar-refractivity contribution in [2.45, 2.75) is 19.4 Å². The second-order valence-corrected chi connectivity index (χ2v) is 4.94. The van der Waals surface area contributed by atoms with Gasteiger partial charge in [-0.05, 0) is 49.2 Å². The van der Waals surface area contributed by atoms with Gasteiger partial charge in [-0.3, -0.25) is 0 Å². The van der Waals surface area contributed by atoms with E-state index in [1.165, 1.54) is 0 Å². The van der Waals surface area contributed by atoms with Crippen LogP contribution in [0.25, 0.3) is 0 Å². The molecule has 0 saturated carbocycles. The number of nitrogens with one attached hydrogen (secondary N) is 1. The topological polar surface area (TPSA) is 58.6 Å². The van der Waals surface area contributed by atoms with Gasteiger partial charge in [0.2, 0.25) is 0 Å². The van der Waals surface area contributed by atoms with Crippen molar-refractivity contribution >= 4 is 11.7 Å². The summed E-state index contributed by atoms with van der Waals surface area (Å²) in [4.78, 5) is 10.8. The van der Waals surface area contributed by atoms with Crippen LogP contribution in [0, 0.1) is 0 Å². The number of hydrogen-bond donors (Lipinski definition) is 2. The van der Waals surface area contributed by atoms with Crippen LogP contribution in [0.4, 0.5) is 5.69 Å². The average Bonchev–Trinajstić information content (AvgIpc) is 2.48. The third-order valence-corrected chi connectivity index (χ3v) is 3.26. The fourth-order valence-electron chi connectivity index (χ4n) is 2.25. The normalized spacial score (nSPS) is 11.7. The fraction of sp³-hybridized carbons (Fsp3) is 0.235. The molecule has 1 unspecified atom stereocenters. The summed E-state index contributed by atoms with van der Waals surface area (Å²) in [5, 5.41) is 12.2. The minimum Gasteiger partial charge on any atom is -0.496 e. The molecule has 0 spiro atoms. The van der Waals surface area contributed by atoms with Crippen LogP contribution in [-0.4, -0.2) is 24.2 Å². The third kappa shape index (κ3) is 3.99. The Labute approximate surface area is 124 Å². The number of benzene rings is 2. The molecule has 2 aromatic carbocycles. The zero-order valence-corrected chi connectivity index (χ0v) is 12.2. The van der Waals surface area contributed by atoms with Crippen LogP contribution in [-0.2, 0) is 6.42 Å². The maximum absolute atomic E-state index is 10.8. The fourth-order valence-corrected chi connectivity index (χ4v) is 2.25. The summed E-state index contributed by atoms with van der Waals surface area (Å²) in [6, 6.07) is 14.9. The summed E-state index contributed by atoms with van der Waals surface area (Å²) in [7, 11) is 1.67. The molecule has 0 heterocycles. The molecular formula is C17H19NO3. The van der Waals surface area contributed by atoms with E-state index in [4.69, 9.17) is 9.84 Å². The number of carboxylic acid groups (broad SMARTS) is 1. The predicted octanol–water partition coefficient (Wildman–Crippen LogP) is 3.44. The van der Waals surface area contributed by atoms with Crippen LogP contribution >= 0.6 is 0 Å². The highest BCUT2D eigenvalue weighted by Crippen LogP contribution is 2.20. The van der Waals surface area contributed by atoms with Crippen molar-refractivity contribution in [2.24, 2.45) is 0 Å². The van der Waals surface area contributed by atoms with Crippen LogP contribution in [0.15, 0.2) is 48.5 Å². The Morgan fingerprint density at radius 3 is 2.48 bits per heavy atom. The van der Waals surface area contributed by atoms with Crippen LogP contribution < -0.4 is 10.1 Å². The molecule has 0 bridgehead atoms. The first-order valence-electron chi connectivity index (χ1n) is 6.82. The summed E-state index contributed by atoms with van der Waals surface area (Å²) < 4.78 is 5.35. The average molecular weight is 285 g/mol. The summed E-state index contributed by atoms with van der Waals surface area (Å²) in [5.41, 5.74) is 2.34. The lowest BCUT2D eigenvalue weighted by atomic mass is 10.1. The maximum Gasteiger partial charge on any atom is 0.335 e. The minimum atomic E-state index is -0.913. The van der Waals surface area contributed by atoms with E-state index >= 15 is 0 Å². The van der Waals surface area contributed by atoms with Gasteiger partial charge in [0, 0.05) is 11.7 Å². The van der Waals surface area contributed by atoms with Gasteiger partial charge in [-0.25, -0.2) is 4.79 Å². The van der Waals surface area contributed by atoms with Crippen LogP contribution in [0.1, 0.15) is 22.8 Å². The predicted molar refractivity (Wildman–Crippen MR) is 83.2 cm³/mol. The summed E-state index contributed by atoms with van der Waals surface area (Å²) in [6.45, 7) is 2.08. The van der Waals surface area contributed by atoms with E-state index in [1.54, 1.807) is 31.4 Å². The van der Waals surface area contributed by atoms with Crippen molar-refractivity contribution in [1.29, 1.82) is 0 Å². The Kier molecular flexibility index (Phi) is 4.82. The maximum atomic E-state index is 10.8. The Hall–Kier alpha value is -2.49. The second-order valence-electron chi connectivity index (χ2n) is 4.94. The first-order chi connectivity index (χ1) is 10.1. The van der Waals surface area contributed by atoms with Gasteiger partial charge in [0.25, 0.3) is 0 Å². The van der Waals surface area contributed by atoms with Gasteiger partial charge in [-0.2, -0.15) is 0 Å². The SMILES string of the molecule is COc1ccccc1CC(C)Nc1ccc(C(=O)O)cc1. The molecule has 21 heavy (non-hydrogen) atoms. The lowest BCUT2D eigenvalue weighted by molar-refractivity contribution is 0.0697. The summed E-state index contributed by atoms with van der Waals surface area (Å²) in [6.07, 6.45) is 0.824. The molecule has 2 rings (SSSR count). The van der Waals surface area contributed by atoms with E-state index in [2.05, 4.69) is 12.2 Å². The van der Waals surface area contributed by atoms with Crippen molar-refractivity contribution in [3.05, 3.63) is 59.7 Å². The molecule has 4 nitrogen and oxygen atoms in total. The molecule has 0 aliphatic carbocycles. The molecule has 0 amide bonds. The van der Waals surface area contributed by atoms with E-state index in [1.807, 2.05) is 24.3 Å². The zero-order chi connectivity index (χ0) is 15.2. The number of rotatable bonds is 6. The van der Waals surface area contributed by atoms with Gasteiger partial charge in [-0.15, -0.1) is 0 Å². The standard InChI is InChI=1S/C17H19NO3/c1-12(11-14-5-3-4-6-16(14)21-2)18-15-9-7-13(8-10-15)17(19)20/h3-10,12,18H,11H2,1-2H3,(H,19,20). The number of carboxylic acids is 1. The first kappa shape index (κ1) is 14.9. The largest absolute Gasteiger partial charge is 0.496 e. The monoisotopic (exact) mass is 285 g/mol. The molecule has 0 fully saturated rings. The zero-order valence-electron chi connectivity index (χ0n) is 12.2. The third-order valence-electron chi connectivity index (χ3n) is 3.26. The van der Waals surface area contributed by atoms with E-state index < -0.39 is 5.97 Å². The van der Waals surface area contributed by atoms with Gasteiger partial charge in [0.1, 0.15) is 5.75 Å². The van der Waals surface area contributed by atoms with E-state index in [0.717, 1.165) is 23.4 Å². The molecule has 0 radical (unpaired) electrons. The van der Waals surface area contributed by atoms with Crippen LogP contribution in [0.5, 0.6) is 5.75 Å². The molecule has 0 saturated heterocycles. The molecule has 2 N–H and O–H groups in total. The van der Waals surface area contributed by atoms with E-state index in [-0.39, 0.29) is 11.6 Å². The first-order valence-corrected chi connectivity index (χ1v) is 6.82. The molecule has 1 atom stereocenters. The van der Waals surface area contributed by atoms with Crippen molar-refractivity contribution in [3.63, 3.8) is 0 Å². The quantitative estimate of drug-likeness (QED) is 0.853. The number of aromatic carboxylic acids is 1. The molecule has 0 aliphatic heterocycles. The Bertz CT molecular complexity index is 608. The van der Waals surface area contributed by atoms with Gasteiger partial charge in [0.05, 0.1) is 12.7 Å². The number of para-hydroxylation sites is 1. The lowest BCUT2D eigenvalue weighted by Crippen LogP contribution is -2.18. The number of anilines is 1. The van der Waals surface area contributed by atoms with Gasteiger partial charge < -0.3 is 15.2 Å². The van der Waals surface area contributed by atoms with Crippen molar-refractivity contribution < 1.29 is 14.6 Å². The highest BCUT2D eigenvalue weighted by Gasteiger charge is 2.08. The molecule has 110 valence electrons.